The number of fused-ring (bicyclic) bond motifs is 1. The molecule has 2 N–H and O–H groups in total. The summed E-state index contributed by atoms with van der Waals surface area (Å²) in [6.07, 6.45) is -1.25. The molecule has 202 valence electrons. The number of benzene rings is 3. The molecule has 1 aliphatic heterocycles. The van der Waals surface area contributed by atoms with Crippen LogP contribution >= 0.6 is 0 Å². The molecule has 0 radical (unpaired) electrons. The molecule has 0 fully saturated rings. The van der Waals surface area contributed by atoms with Gasteiger partial charge >= 0.3 is 6.03 Å². The van der Waals surface area contributed by atoms with Crippen LogP contribution in [0.2, 0.25) is 0 Å². The van der Waals surface area contributed by atoms with Crippen LogP contribution in [0.5, 0.6) is 0 Å². The monoisotopic (exact) mass is 525 g/mol. The van der Waals surface area contributed by atoms with Crippen molar-refractivity contribution >= 4 is 40.5 Å². The SMILES string of the molecule is CCN(C)c1cccc(NC(=O)NC2N=C(c3ccccc3)c3ccccc3N(CC(=O)C(C)(C)C)C2=O)c1. The molecule has 1 unspecified atom stereocenters. The van der Waals surface area contributed by atoms with Crippen LogP contribution in [-0.2, 0) is 9.59 Å². The number of anilines is 3. The Kier molecular flexibility index (Phi) is 8.14. The van der Waals surface area contributed by atoms with E-state index in [4.69, 9.17) is 4.99 Å². The average Bonchev–Trinajstić information content (AvgIpc) is 3.03. The number of benzodiazepines with no additional fused rings is 1. The second-order valence-electron chi connectivity index (χ2n) is 10.5. The van der Waals surface area contributed by atoms with E-state index in [1.54, 1.807) is 12.1 Å². The molecule has 3 aromatic rings. The number of ketones is 1. The summed E-state index contributed by atoms with van der Waals surface area (Å²) in [6.45, 7) is 8.18. The fraction of sp³-hybridized carbons (Fsp3) is 0.290. The molecule has 0 saturated heterocycles. The van der Waals surface area contributed by atoms with Crippen LogP contribution in [0.3, 0.4) is 0 Å². The number of amides is 3. The number of nitrogens with zero attached hydrogens (tertiary/aromatic N) is 3. The van der Waals surface area contributed by atoms with E-state index in [1.807, 2.05) is 101 Å². The molecular formula is C31H35N5O3. The number of para-hydroxylation sites is 1. The van der Waals surface area contributed by atoms with Gasteiger partial charge in [0.25, 0.3) is 5.91 Å². The lowest BCUT2D eigenvalue weighted by Gasteiger charge is -2.28. The lowest BCUT2D eigenvalue weighted by molar-refractivity contribution is -0.127. The molecule has 0 aliphatic carbocycles. The number of hydrogen-bond acceptors (Lipinski definition) is 5. The van der Waals surface area contributed by atoms with E-state index in [0.29, 0.717) is 22.6 Å². The fourth-order valence-electron chi connectivity index (χ4n) is 4.19. The third-order valence-corrected chi connectivity index (χ3v) is 6.68. The van der Waals surface area contributed by atoms with E-state index in [-0.39, 0.29) is 12.3 Å². The summed E-state index contributed by atoms with van der Waals surface area (Å²) in [5.74, 6) is -0.588. The molecule has 1 atom stereocenters. The second kappa shape index (κ2) is 11.5. The van der Waals surface area contributed by atoms with Gasteiger partial charge in [-0.2, -0.15) is 0 Å². The van der Waals surface area contributed by atoms with Gasteiger partial charge in [0.1, 0.15) is 0 Å². The number of nitrogens with one attached hydrogen (secondary N) is 2. The van der Waals surface area contributed by atoms with Gasteiger partial charge in [-0.05, 0) is 31.2 Å². The van der Waals surface area contributed by atoms with Gasteiger partial charge in [0, 0.05) is 41.5 Å². The Morgan fingerprint density at radius 2 is 1.67 bits per heavy atom. The van der Waals surface area contributed by atoms with Crippen molar-refractivity contribution in [3.05, 3.63) is 90.0 Å². The maximum absolute atomic E-state index is 13.9. The Morgan fingerprint density at radius 1 is 0.974 bits per heavy atom. The van der Waals surface area contributed by atoms with Gasteiger partial charge in [-0.15, -0.1) is 0 Å². The molecule has 39 heavy (non-hydrogen) atoms. The summed E-state index contributed by atoms with van der Waals surface area (Å²) in [5.41, 5.74) is 3.52. The number of urea groups is 1. The zero-order chi connectivity index (χ0) is 28.2. The normalized spacial score (nSPS) is 15.1. The highest BCUT2D eigenvalue weighted by Crippen LogP contribution is 2.29. The van der Waals surface area contributed by atoms with E-state index in [1.165, 1.54) is 4.90 Å². The second-order valence-corrected chi connectivity index (χ2v) is 10.5. The maximum atomic E-state index is 13.9. The average molecular weight is 526 g/mol. The van der Waals surface area contributed by atoms with Crippen LogP contribution in [0.25, 0.3) is 0 Å². The number of carbonyl (C=O) groups is 3. The van der Waals surface area contributed by atoms with Crippen molar-refractivity contribution in [1.82, 2.24) is 5.32 Å². The standard InChI is InChI=1S/C31H35N5O3/c1-6-35(5)23-16-12-15-22(19-23)32-30(39)34-28-29(38)36(20-26(37)31(2,3)4)25-18-11-10-17-24(25)27(33-28)21-13-8-7-9-14-21/h7-19,28H,6,20H2,1-5H3,(H2,32,34,39). The first kappa shape index (κ1) is 27.6. The minimum absolute atomic E-state index is 0.103. The zero-order valence-electron chi connectivity index (χ0n) is 23.1. The first-order valence-corrected chi connectivity index (χ1v) is 13.0. The van der Waals surface area contributed by atoms with Gasteiger partial charge < -0.3 is 20.4 Å². The van der Waals surface area contributed by atoms with E-state index in [9.17, 15) is 14.4 Å². The van der Waals surface area contributed by atoms with Crippen molar-refractivity contribution in [3.8, 4) is 0 Å². The van der Waals surface area contributed by atoms with E-state index in [2.05, 4.69) is 15.5 Å². The van der Waals surface area contributed by atoms with E-state index < -0.39 is 23.5 Å². The Balaban J connectivity index is 1.71. The molecule has 0 spiro atoms. The van der Waals surface area contributed by atoms with Gasteiger partial charge in [0.2, 0.25) is 6.17 Å². The van der Waals surface area contributed by atoms with Crippen LogP contribution in [-0.4, -0.2) is 49.7 Å². The Labute approximate surface area is 229 Å². The highest BCUT2D eigenvalue weighted by atomic mass is 16.2. The lowest BCUT2D eigenvalue weighted by atomic mass is 9.90. The van der Waals surface area contributed by atoms with Crippen molar-refractivity contribution in [2.75, 3.05) is 35.3 Å². The summed E-state index contributed by atoms with van der Waals surface area (Å²) in [7, 11) is 1.97. The minimum Gasteiger partial charge on any atom is -0.375 e. The van der Waals surface area contributed by atoms with Crippen molar-refractivity contribution in [2.24, 2.45) is 10.4 Å². The third kappa shape index (κ3) is 6.34. The van der Waals surface area contributed by atoms with Crippen LogP contribution in [0.4, 0.5) is 21.9 Å². The van der Waals surface area contributed by atoms with E-state index in [0.717, 1.165) is 17.8 Å². The highest BCUT2D eigenvalue weighted by molar-refractivity contribution is 6.21. The molecule has 0 bridgehead atoms. The zero-order valence-corrected chi connectivity index (χ0v) is 23.1. The molecule has 3 aromatic carbocycles. The summed E-state index contributed by atoms with van der Waals surface area (Å²) >= 11 is 0. The first-order chi connectivity index (χ1) is 18.6. The highest BCUT2D eigenvalue weighted by Gasteiger charge is 2.36. The molecule has 0 saturated carbocycles. The molecule has 3 amide bonds. The van der Waals surface area contributed by atoms with Crippen LogP contribution < -0.4 is 20.4 Å². The quantitative estimate of drug-likeness (QED) is 0.449. The van der Waals surface area contributed by atoms with Crippen molar-refractivity contribution < 1.29 is 14.4 Å². The number of carbonyl (C=O) groups excluding carboxylic acids is 3. The Morgan fingerprint density at radius 3 is 2.36 bits per heavy atom. The van der Waals surface area contributed by atoms with Crippen LogP contribution in [0.1, 0.15) is 38.8 Å². The summed E-state index contributed by atoms with van der Waals surface area (Å²) in [4.78, 5) is 48.4. The molecule has 4 rings (SSSR count). The maximum Gasteiger partial charge on any atom is 0.321 e. The van der Waals surface area contributed by atoms with Gasteiger partial charge in [-0.25, -0.2) is 9.79 Å². The van der Waals surface area contributed by atoms with Gasteiger partial charge in [0.15, 0.2) is 5.78 Å². The number of Topliss-reactive ketones (excluding diaryl/α,β-unsaturated/α-hetero) is 1. The molecule has 8 nitrogen and oxygen atoms in total. The Bertz CT molecular complexity index is 1390. The smallest absolute Gasteiger partial charge is 0.321 e. The predicted molar refractivity (Wildman–Crippen MR) is 157 cm³/mol. The van der Waals surface area contributed by atoms with Gasteiger partial charge in [0.05, 0.1) is 17.9 Å². The largest absolute Gasteiger partial charge is 0.375 e. The van der Waals surface area contributed by atoms with Crippen molar-refractivity contribution in [3.63, 3.8) is 0 Å². The topological polar surface area (TPSA) is 94.1 Å². The van der Waals surface area contributed by atoms with Gasteiger partial charge in [-0.3, -0.25) is 9.59 Å². The Hall–Kier alpha value is -4.46. The molecule has 1 heterocycles. The molecular weight excluding hydrogens is 490 g/mol. The van der Waals surface area contributed by atoms with Gasteiger partial charge in [-0.1, -0.05) is 75.4 Å². The predicted octanol–water partition coefficient (Wildman–Crippen LogP) is 5.09. The summed E-state index contributed by atoms with van der Waals surface area (Å²) < 4.78 is 0. The molecule has 1 aliphatic rings. The molecule has 0 aromatic heterocycles. The summed E-state index contributed by atoms with van der Waals surface area (Å²) in [5, 5.41) is 5.56. The lowest BCUT2D eigenvalue weighted by Crippen LogP contribution is -2.50. The summed E-state index contributed by atoms with van der Waals surface area (Å²) in [6, 6.07) is 23.8. The minimum atomic E-state index is -1.25. The molecule has 8 heteroatoms. The number of hydrogen-bond donors (Lipinski definition) is 2. The van der Waals surface area contributed by atoms with Crippen LogP contribution in [0.15, 0.2) is 83.9 Å². The first-order valence-electron chi connectivity index (χ1n) is 13.0. The number of aliphatic imine (C=N–C) groups is 1. The fourth-order valence-corrected chi connectivity index (χ4v) is 4.19. The van der Waals surface area contributed by atoms with E-state index >= 15 is 0 Å². The third-order valence-electron chi connectivity index (χ3n) is 6.68. The van der Waals surface area contributed by atoms with Crippen molar-refractivity contribution in [1.29, 1.82) is 0 Å². The number of rotatable bonds is 7. The van der Waals surface area contributed by atoms with Crippen LogP contribution in [0, 0.1) is 5.41 Å². The van der Waals surface area contributed by atoms with Crippen molar-refractivity contribution in [2.45, 2.75) is 33.9 Å².